The first-order valence-electron chi connectivity index (χ1n) is 10.6. The lowest BCUT2D eigenvalue weighted by Gasteiger charge is -2.37. The first-order chi connectivity index (χ1) is 14.8. The van der Waals surface area contributed by atoms with E-state index in [1.807, 2.05) is 30.5 Å². The summed E-state index contributed by atoms with van der Waals surface area (Å²) in [5, 5.41) is 1.34. The molecule has 0 aliphatic carbocycles. The van der Waals surface area contributed by atoms with Crippen LogP contribution in [-0.4, -0.2) is 55.8 Å². The molecule has 0 N–H and O–H groups in total. The highest BCUT2D eigenvalue weighted by molar-refractivity contribution is 7.89. The van der Waals surface area contributed by atoms with Crippen molar-refractivity contribution >= 4 is 33.0 Å². The van der Waals surface area contributed by atoms with Gasteiger partial charge in [-0.25, -0.2) is 12.8 Å². The number of piperazine rings is 1. The number of benzene rings is 1. The number of hydrogen-bond donors (Lipinski definition) is 0. The highest BCUT2D eigenvalue weighted by Crippen LogP contribution is 2.40. The third-order valence-corrected chi connectivity index (χ3v) is 9.82. The van der Waals surface area contributed by atoms with Crippen molar-refractivity contribution in [3.63, 3.8) is 0 Å². The van der Waals surface area contributed by atoms with Gasteiger partial charge in [-0.2, -0.15) is 4.31 Å². The molecule has 2 atom stereocenters. The predicted molar refractivity (Wildman–Crippen MR) is 121 cm³/mol. The molecule has 9 heteroatoms. The second-order valence-electron chi connectivity index (χ2n) is 8.29. The summed E-state index contributed by atoms with van der Waals surface area (Å²) in [6.45, 7) is 6.02. The molecule has 1 aromatic carbocycles. The topological polar surface area (TPSA) is 60.9 Å². The van der Waals surface area contributed by atoms with Crippen LogP contribution in [0.5, 0.6) is 0 Å². The van der Waals surface area contributed by atoms with Crippen molar-refractivity contribution in [2.24, 2.45) is 0 Å². The van der Waals surface area contributed by atoms with Gasteiger partial charge < -0.3 is 9.80 Å². The Kier molecular flexibility index (Phi) is 6.37. The van der Waals surface area contributed by atoms with Gasteiger partial charge in [0, 0.05) is 61.8 Å². The average molecular weight is 466 g/mol. The van der Waals surface area contributed by atoms with Crippen LogP contribution in [0.2, 0.25) is 0 Å². The molecule has 0 radical (unpaired) electrons. The molecule has 0 saturated carbocycles. The summed E-state index contributed by atoms with van der Waals surface area (Å²) in [4.78, 5) is 16.2. The summed E-state index contributed by atoms with van der Waals surface area (Å²) in [7, 11) is -3.57. The van der Waals surface area contributed by atoms with E-state index in [0.29, 0.717) is 38.2 Å². The summed E-state index contributed by atoms with van der Waals surface area (Å²) in [5.41, 5.74) is 1.14. The fraction of sp³-hybridized carbons (Fsp3) is 0.500. The molecule has 0 unspecified atom stereocenters. The Labute approximate surface area is 187 Å². The van der Waals surface area contributed by atoms with E-state index in [-0.39, 0.29) is 18.5 Å². The number of nitrogens with zero attached hydrogens (tertiary/aromatic N) is 3. The molecule has 2 aromatic rings. The van der Waals surface area contributed by atoms with E-state index in [9.17, 15) is 13.2 Å². The normalized spacial score (nSPS) is 24.4. The molecule has 1 amide bonds. The minimum Gasteiger partial charge on any atom is -0.368 e. The predicted octanol–water partition coefficient (Wildman–Crippen LogP) is 3.61. The van der Waals surface area contributed by atoms with E-state index < -0.39 is 21.1 Å². The van der Waals surface area contributed by atoms with Crippen LogP contribution >= 0.6 is 11.3 Å². The van der Waals surface area contributed by atoms with Crippen LogP contribution in [0.1, 0.15) is 42.4 Å². The molecule has 4 rings (SSSR count). The maximum absolute atomic E-state index is 15.0. The third kappa shape index (κ3) is 4.49. The number of carbonyl (C=O) groups is 1. The Hall–Kier alpha value is -1.97. The molecular weight excluding hydrogens is 437 g/mol. The van der Waals surface area contributed by atoms with E-state index in [1.54, 1.807) is 17.9 Å². The molecule has 2 fully saturated rings. The molecular formula is C22H28FN3O3S2. The Bertz CT molecular complexity index is 1030. The van der Waals surface area contributed by atoms with Crippen molar-refractivity contribution in [2.45, 2.75) is 44.5 Å². The highest BCUT2D eigenvalue weighted by atomic mass is 32.2. The lowest BCUT2D eigenvalue weighted by Crippen LogP contribution is -2.48. The molecule has 1 aromatic heterocycles. The second kappa shape index (κ2) is 8.88. The number of carbonyl (C=O) groups excluding carboxylic acids is 1. The number of sulfonamides is 1. The van der Waals surface area contributed by atoms with Crippen LogP contribution in [0.3, 0.4) is 0 Å². The summed E-state index contributed by atoms with van der Waals surface area (Å²) < 4.78 is 43.1. The van der Waals surface area contributed by atoms with Crippen molar-refractivity contribution in [2.75, 3.05) is 31.1 Å². The standard InChI is InChI=1S/C22H28FN3O3S2/c1-16-5-8-22(21-4-3-13-30-21)31(28,29)26(16)15-18-6-7-19(14-20(18)23)25-11-9-24(10-12-25)17(2)27/h3-4,6-7,13-14,16,22H,5,8-12,15H2,1-2H3/t16-,22+/m0/s1. The maximum Gasteiger partial charge on any atom is 0.222 e. The minimum absolute atomic E-state index is 0.0373. The number of halogens is 1. The minimum atomic E-state index is -3.57. The molecule has 2 aliphatic heterocycles. The van der Waals surface area contributed by atoms with E-state index >= 15 is 4.39 Å². The van der Waals surface area contributed by atoms with Crippen LogP contribution in [0.25, 0.3) is 0 Å². The van der Waals surface area contributed by atoms with Crippen LogP contribution in [0.15, 0.2) is 35.7 Å². The second-order valence-corrected chi connectivity index (χ2v) is 11.3. The van der Waals surface area contributed by atoms with E-state index in [2.05, 4.69) is 4.90 Å². The van der Waals surface area contributed by atoms with Crippen LogP contribution in [0, 0.1) is 5.82 Å². The molecule has 6 nitrogen and oxygen atoms in total. The first kappa shape index (κ1) is 22.2. The van der Waals surface area contributed by atoms with Crippen molar-refractivity contribution in [1.29, 1.82) is 0 Å². The van der Waals surface area contributed by atoms with Gasteiger partial charge in [0.05, 0.1) is 0 Å². The van der Waals surface area contributed by atoms with E-state index in [1.165, 1.54) is 21.7 Å². The quantitative estimate of drug-likeness (QED) is 0.692. The number of hydrogen-bond acceptors (Lipinski definition) is 5. The Balaban J connectivity index is 1.50. The fourth-order valence-corrected chi connectivity index (χ4v) is 7.75. The van der Waals surface area contributed by atoms with Crippen molar-refractivity contribution in [3.05, 3.63) is 52.0 Å². The van der Waals surface area contributed by atoms with Crippen LogP contribution in [-0.2, 0) is 21.4 Å². The smallest absolute Gasteiger partial charge is 0.222 e. The van der Waals surface area contributed by atoms with Gasteiger partial charge in [0.25, 0.3) is 0 Å². The van der Waals surface area contributed by atoms with Gasteiger partial charge in [-0.15, -0.1) is 11.3 Å². The Morgan fingerprint density at radius 3 is 2.52 bits per heavy atom. The van der Waals surface area contributed by atoms with E-state index in [0.717, 1.165) is 17.0 Å². The molecule has 31 heavy (non-hydrogen) atoms. The highest BCUT2D eigenvalue weighted by Gasteiger charge is 2.41. The zero-order valence-electron chi connectivity index (χ0n) is 17.8. The van der Waals surface area contributed by atoms with Crippen LogP contribution < -0.4 is 4.90 Å². The number of rotatable bonds is 4. The first-order valence-corrected chi connectivity index (χ1v) is 13.0. The van der Waals surface area contributed by atoms with Gasteiger partial charge in [-0.3, -0.25) is 4.79 Å². The van der Waals surface area contributed by atoms with Gasteiger partial charge in [-0.1, -0.05) is 12.1 Å². The molecule has 2 saturated heterocycles. The monoisotopic (exact) mass is 465 g/mol. The zero-order valence-corrected chi connectivity index (χ0v) is 19.5. The summed E-state index contributed by atoms with van der Waals surface area (Å²) in [6, 6.07) is 8.59. The SMILES string of the molecule is CC(=O)N1CCN(c2ccc(CN3[C@@H](C)CC[C@H](c4cccs4)S3(=O)=O)c(F)c2)CC1. The van der Waals surface area contributed by atoms with Gasteiger partial charge in [0.2, 0.25) is 15.9 Å². The summed E-state index contributed by atoms with van der Waals surface area (Å²) in [6.07, 6.45) is 1.34. The van der Waals surface area contributed by atoms with Gasteiger partial charge in [0.1, 0.15) is 11.1 Å². The van der Waals surface area contributed by atoms with Crippen LogP contribution in [0.4, 0.5) is 10.1 Å². The van der Waals surface area contributed by atoms with Gasteiger partial charge in [-0.05, 0) is 43.3 Å². The lowest BCUT2D eigenvalue weighted by atomic mass is 10.1. The summed E-state index contributed by atoms with van der Waals surface area (Å²) >= 11 is 1.45. The fourth-order valence-electron chi connectivity index (χ4n) is 4.42. The van der Waals surface area contributed by atoms with Crippen molar-refractivity contribution < 1.29 is 17.6 Å². The number of anilines is 1. The molecule has 0 spiro atoms. The maximum atomic E-state index is 15.0. The molecule has 168 valence electrons. The average Bonchev–Trinajstić information content (AvgIpc) is 3.26. The number of amides is 1. The van der Waals surface area contributed by atoms with E-state index in [4.69, 9.17) is 0 Å². The lowest BCUT2D eigenvalue weighted by molar-refractivity contribution is -0.129. The molecule has 3 heterocycles. The molecule has 2 aliphatic rings. The Morgan fingerprint density at radius 2 is 1.90 bits per heavy atom. The molecule has 0 bridgehead atoms. The largest absolute Gasteiger partial charge is 0.368 e. The summed E-state index contributed by atoms with van der Waals surface area (Å²) in [5.74, 6) is -0.342. The van der Waals surface area contributed by atoms with Crippen molar-refractivity contribution in [1.82, 2.24) is 9.21 Å². The Morgan fingerprint density at radius 1 is 1.16 bits per heavy atom. The number of thiophene rings is 1. The van der Waals surface area contributed by atoms with Crippen molar-refractivity contribution in [3.8, 4) is 0 Å². The van der Waals surface area contributed by atoms with Gasteiger partial charge in [0.15, 0.2) is 0 Å². The zero-order chi connectivity index (χ0) is 22.2. The van der Waals surface area contributed by atoms with Gasteiger partial charge >= 0.3 is 0 Å². The third-order valence-electron chi connectivity index (χ3n) is 6.34.